The molecule has 0 saturated heterocycles. The minimum Gasteiger partial charge on any atom is -0.454 e. The Kier molecular flexibility index (Phi) is 4.64. The Morgan fingerprint density at radius 3 is 2.24 bits per heavy atom. The molecule has 2 heteroatoms. The van der Waals surface area contributed by atoms with E-state index in [2.05, 4.69) is 0 Å². The summed E-state index contributed by atoms with van der Waals surface area (Å²) in [4.78, 5) is 11.6. The first kappa shape index (κ1) is 12.7. The van der Waals surface area contributed by atoms with E-state index in [9.17, 15) is 4.79 Å². The van der Waals surface area contributed by atoms with Gasteiger partial charge in [-0.05, 0) is 38.2 Å². The predicted molar refractivity (Wildman–Crippen MR) is 68.8 cm³/mol. The molecule has 1 aliphatic carbocycles. The number of esters is 1. The molecule has 0 aromatic rings. The third-order valence-corrected chi connectivity index (χ3v) is 4.09. The zero-order chi connectivity index (χ0) is 12.1. The summed E-state index contributed by atoms with van der Waals surface area (Å²) in [6.45, 7) is 1.93. The van der Waals surface area contributed by atoms with E-state index in [4.69, 9.17) is 4.74 Å². The lowest BCUT2D eigenvalue weighted by Crippen LogP contribution is -2.12. The maximum Gasteiger partial charge on any atom is 0.334 e. The van der Waals surface area contributed by atoms with Crippen molar-refractivity contribution >= 4 is 5.97 Å². The van der Waals surface area contributed by atoms with Gasteiger partial charge in [0.25, 0.3) is 0 Å². The summed E-state index contributed by atoms with van der Waals surface area (Å²) in [6.07, 6.45) is 12.7. The van der Waals surface area contributed by atoms with Crippen LogP contribution in [0, 0.1) is 0 Å². The second-order valence-electron chi connectivity index (χ2n) is 5.41. The molecular weight excluding hydrogens is 212 g/mol. The van der Waals surface area contributed by atoms with Gasteiger partial charge in [-0.1, -0.05) is 38.5 Å². The molecule has 1 unspecified atom stereocenters. The van der Waals surface area contributed by atoms with E-state index >= 15 is 0 Å². The summed E-state index contributed by atoms with van der Waals surface area (Å²) >= 11 is 0. The van der Waals surface area contributed by atoms with Crippen LogP contribution in [0.2, 0.25) is 0 Å². The lowest BCUT2D eigenvalue weighted by molar-refractivity contribution is -0.140. The van der Waals surface area contributed by atoms with Gasteiger partial charge < -0.3 is 4.74 Å². The fraction of sp³-hybridized carbons (Fsp3) is 0.800. The van der Waals surface area contributed by atoms with Crippen LogP contribution in [0.5, 0.6) is 0 Å². The molecule has 2 nitrogen and oxygen atoms in total. The molecule has 0 radical (unpaired) electrons. The molecule has 1 saturated carbocycles. The van der Waals surface area contributed by atoms with Crippen molar-refractivity contribution in [3.8, 4) is 0 Å². The Morgan fingerprint density at radius 1 is 0.941 bits per heavy atom. The Morgan fingerprint density at radius 2 is 1.53 bits per heavy atom. The molecule has 1 atom stereocenters. The zero-order valence-electron chi connectivity index (χ0n) is 11.0. The van der Waals surface area contributed by atoms with Crippen molar-refractivity contribution in [2.24, 2.45) is 0 Å². The van der Waals surface area contributed by atoms with Gasteiger partial charge in [0.15, 0.2) is 0 Å². The molecule has 2 rings (SSSR count). The minimum atomic E-state index is -0.0696. The van der Waals surface area contributed by atoms with Crippen LogP contribution in [0.1, 0.15) is 71.1 Å². The highest BCUT2D eigenvalue weighted by Crippen LogP contribution is 2.31. The van der Waals surface area contributed by atoms with Crippen molar-refractivity contribution in [3.63, 3.8) is 0 Å². The highest BCUT2D eigenvalue weighted by atomic mass is 16.5. The molecule has 0 aromatic heterocycles. The minimum absolute atomic E-state index is 0.0696. The number of carbonyl (C=O) groups is 1. The monoisotopic (exact) mass is 236 g/mol. The second-order valence-corrected chi connectivity index (χ2v) is 5.41. The molecule has 0 aromatic carbocycles. The van der Waals surface area contributed by atoms with Crippen molar-refractivity contribution in [3.05, 3.63) is 11.1 Å². The van der Waals surface area contributed by atoms with Crippen LogP contribution >= 0.6 is 0 Å². The van der Waals surface area contributed by atoms with Gasteiger partial charge in [-0.15, -0.1) is 0 Å². The summed E-state index contributed by atoms with van der Waals surface area (Å²) in [5.74, 6) is -0.0696. The van der Waals surface area contributed by atoms with E-state index in [0.29, 0.717) is 0 Å². The van der Waals surface area contributed by atoms with Crippen molar-refractivity contribution in [2.45, 2.75) is 77.2 Å². The maximum absolute atomic E-state index is 11.6. The van der Waals surface area contributed by atoms with Crippen LogP contribution in [0.25, 0.3) is 0 Å². The second kappa shape index (κ2) is 6.23. The molecule has 0 spiro atoms. The van der Waals surface area contributed by atoms with Crippen molar-refractivity contribution in [2.75, 3.05) is 0 Å². The van der Waals surface area contributed by atoms with Crippen LogP contribution in [-0.2, 0) is 9.53 Å². The lowest BCUT2D eigenvalue weighted by Gasteiger charge is -2.15. The Balaban J connectivity index is 1.98. The smallest absolute Gasteiger partial charge is 0.334 e. The summed E-state index contributed by atoms with van der Waals surface area (Å²) in [7, 11) is 0. The highest BCUT2D eigenvalue weighted by molar-refractivity contribution is 5.91. The predicted octanol–water partition coefficient (Wildman–Crippen LogP) is 4.14. The van der Waals surface area contributed by atoms with Gasteiger partial charge in [-0.2, -0.15) is 0 Å². The first-order valence-electron chi connectivity index (χ1n) is 7.19. The SMILES string of the molecule is CC1=C2CCCCCCCCCCC2OC1=O. The third-order valence-electron chi connectivity index (χ3n) is 4.09. The van der Waals surface area contributed by atoms with E-state index in [1.54, 1.807) is 0 Å². The summed E-state index contributed by atoms with van der Waals surface area (Å²) < 4.78 is 5.47. The van der Waals surface area contributed by atoms with E-state index in [1.807, 2.05) is 6.92 Å². The zero-order valence-corrected chi connectivity index (χ0v) is 11.0. The van der Waals surface area contributed by atoms with Crippen LogP contribution < -0.4 is 0 Å². The van der Waals surface area contributed by atoms with E-state index in [-0.39, 0.29) is 12.1 Å². The summed E-state index contributed by atoms with van der Waals surface area (Å²) in [5.41, 5.74) is 2.20. The average Bonchev–Trinajstić information content (AvgIpc) is 2.56. The van der Waals surface area contributed by atoms with Gasteiger partial charge in [0, 0.05) is 5.57 Å². The van der Waals surface area contributed by atoms with Gasteiger partial charge in [0.1, 0.15) is 6.10 Å². The number of ether oxygens (including phenoxy) is 1. The van der Waals surface area contributed by atoms with Crippen molar-refractivity contribution in [1.29, 1.82) is 0 Å². The Labute approximate surface area is 104 Å². The molecule has 96 valence electrons. The van der Waals surface area contributed by atoms with Gasteiger partial charge in [-0.25, -0.2) is 4.79 Å². The van der Waals surface area contributed by atoms with Gasteiger partial charge in [-0.3, -0.25) is 0 Å². The Bertz CT molecular complexity index is 304. The molecule has 1 aliphatic heterocycles. The quantitative estimate of drug-likeness (QED) is 0.591. The maximum atomic E-state index is 11.6. The molecule has 2 aliphatic rings. The van der Waals surface area contributed by atoms with E-state index in [0.717, 1.165) is 18.4 Å². The Hall–Kier alpha value is -0.790. The summed E-state index contributed by atoms with van der Waals surface area (Å²) in [5, 5.41) is 0. The fourth-order valence-electron chi connectivity index (χ4n) is 2.95. The molecule has 0 amide bonds. The van der Waals surface area contributed by atoms with Crippen LogP contribution in [-0.4, -0.2) is 12.1 Å². The molecule has 0 bridgehead atoms. The lowest BCUT2D eigenvalue weighted by atomic mass is 9.94. The number of hydrogen-bond acceptors (Lipinski definition) is 2. The summed E-state index contributed by atoms with van der Waals surface area (Å²) in [6, 6.07) is 0. The van der Waals surface area contributed by atoms with Gasteiger partial charge >= 0.3 is 5.97 Å². The number of carbonyl (C=O) groups excluding carboxylic acids is 1. The first-order valence-corrected chi connectivity index (χ1v) is 7.19. The van der Waals surface area contributed by atoms with Gasteiger partial charge in [0.2, 0.25) is 0 Å². The van der Waals surface area contributed by atoms with Crippen LogP contribution in [0.15, 0.2) is 11.1 Å². The van der Waals surface area contributed by atoms with Crippen LogP contribution in [0.4, 0.5) is 0 Å². The number of fused-ring (bicyclic) bond motifs is 1. The third kappa shape index (κ3) is 3.34. The number of hydrogen-bond donors (Lipinski definition) is 0. The van der Waals surface area contributed by atoms with E-state index in [1.165, 1.54) is 56.9 Å². The molecular formula is C15H24O2. The highest BCUT2D eigenvalue weighted by Gasteiger charge is 2.30. The topological polar surface area (TPSA) is 26.3 Å². The van der Waals surface area contributed by atoms with E-state index < -0.39 is 0 Å². The van der Waals surface area contributed by atoms with Crippen molar-refractivity contribution in [1.82, 2.24) is 0 Å². The molecule has 1 heterocycles. The standard InChI is InChI=1S/C15H24O2/c1-12-13-10-8-6-4-2-3-5-7-9-11-14(13)17-15(12)16/h14H,2-11H2,1H3. The molecule has 0 N–H and O–H groups in total. The molecule has 1 fully saturated rings. The number of rotatable bonds is 0. The molecule has 17 heavy (non-hydrogen) atoms. The van der Waals surface area contributed by atoms with Crippen molar-refractivity contribution < 1.29 is 9.53 Å². The fourth-order valence-corrected chi connectivity index (χ4v) is 2.95. The normalized spacial score (nSPS) is 28.1. The van der Waals surface area contributed by atoms with Gasteiger partial charge in [0.05, 0.1) is 0 Å². The largest absolute Gasteiger partial charge is 0.454 e. The average molecular weight is 236 g/mol. The first-order chi connectivity index (χ1) is 8.29. The van der Waals surface area contributed by atoms with Crippen LogP contribution in [0.3, 0.4) is 0 Å².